The number of rotatable bonds is 2. The summed E-state index contributed by atoms with van der Waals surface area (Å²) in [6.07, 6.45) is 0. The van der Waals surface area contributed by atoms with Crippen molar-refractivity contribution in [3.05, 3.63) is 58.2 Å². The Balaban J connectivity index is 1.93. The molecule has 2 aromatic carbocycles. The van der Waals surface area contributed by atoms with E-state index in [1.807, 2.05) is 43.3 Å². The zero-order valence-corrected chi connectivity index (χ0v) is 12.3. The summed E-state index contributed by atoms with van der Waals surface area (Å²) < 4.78 is 5.97. The molecule has 4 nitrogen and oxygen atoms in total. The van der Waals surface area contributed by atoms with Gasteiger partial charge in [-0.1, -0.05) is 23.4 Å². The molecule has 1 aromatic heterocycles. The van der Waals surface area contributed by atoms with Crippen LogP contribution in [0.2, 0.25) is 0 Å². The number of benzene rings is 2. The Hall–Kier alpha value is -2.14. The minimum atomic E-state index is -0.292. The van der Waals surface area contributed by atoms with Gasteiger partial charge in [-0.15, -0.1) is 0 Å². The van der Waals surface area contributed by atoms with Crippen molar-refractivity contribution in [2.45, 2.75) is 6.92 Å². The molecule has 0 atom stereocenters. The Morgan fingerprint density at radius 1 is 1.25 bits per heavy atom. The highest BCUT2D eigenvalue weighted by atomic mass is 79.9. The number of aryl methyl sites for hydroxylation is 1. The zero-order chi connectivity index (χ0) is 14.1. The van der Waals surface area contributed by atoms with Gasteiger partial charge in [-0.3, -0.25) is 4.79 Å². The quantitative estimate of drug-likeness (QED) is 0.767. The number of hydrogen-bond donors (Lipinski definition) is 1. The first-order valence-corrected chi connectivity index (χ1v) is 6.86. The van der Waals surface area contributed by atoms with Crippen LogP contribution in [0.4, 0.5) is 5.69 Å². The molecule has 0 aliphatic rings. The van der Waals surface area contributed by atoms with E-state index in [1.165, 1.54) is 0 Å². The number of hydrogen-bond acceptors (Lipinski definition) is 3. The number of halogens is 1. The molecule has 1 amide bonds. The van der Waals surface area contributed by atoms with Gasteiger partial charge >= 0.3 is 0 Å². The molecular formula is C15H11BrN2O2. The number of amides is 1. The van der Waals surface area contributed by atoms with E-state index in [0.29, 0.717) is 16.7 Å². The molecule has 1 N–H and O–H groups in total. The molecule has 0 bridgehead atoms. The summed E-state index contributed by atoms with van der Waals surface area (Å²) in [7, 11) is 0. The molecule has 0 saturated carbocycles. The molecule has 1 heterocycles. The Labute approximate surface area is 123 Å². The number of aromatic nitrogens is 1. The van der Waals surface area contributed by atoms with Crippen LogP contribution in [0.3, 0.4) is 0 Å². The Morgan fingerprint density at radius 3 is 2.85 bits per heavy atom. The number of carbonyl (C=O) groups is 1. The molecule has 0 radical (unpaired) electrons. The van der Waals surface area contributed by atoms with Gasteiger partial charge in [-0.2, -0.15) is 0 Å². The van der Waals surface area contributed by atoms with Crippen LogP contribution in [0.5, 0.6) is 0 Å². The number of fused-ring (bicyclic) bond motifs is 1. The Morgan fingerprint density at radius 2 is 2.05 bits per heavy atom. The first kappa shape index (κ1) is 12.9. The van der Waals surface area contributed by atoms with Gasteiger partial charge in [0.1, 0.15) is 0 Å². The molecule has 0 aliphatic carbocycles. The van der Waals surface area contributed by atoms with Crippen LogP contribution in [-0.4, -0.2) is 11.1 Å². The lowest BCUT2D eigenvalue weighted by atomic mass is 10.2. The SMILES string of the molecule is Cc1ccc(NC(=O)c2noc3ccccc23)c(Br)c1. The Bertz CT molecular complexity index is 795. The predicted octanol–water partition coefficient (Wildman–Crippen LogP) is 4.15. The molecule has 0 fully saturated rings. The van der Waals surface area contributed by atoms with Gasteiger partial charge in [0.2, 0.25) is 0 Å². The first-order chi connectivity index (χ1) is 9.65. The largest absolute Gasteiger partial charge is 0.355 e. The molecule has 0 aliphatic heterocycles. The molecule has 0 spiro atoms. The molecule has 100 valence electrons. The third-order valence-corrected chi connectivity index (χ3v) is 3.62. The lowest BCUT2D eigenvalue weighted by Gasteiger charge is -2.06. The topological polar surface area (TPSA) is 55.1 Å². The first-order valence-electron chi connectivity index (χ1n) is 6.07. The second-order valence-corrected chi connectivity index (χ2v) is 5.32. The van der Waals surface area contributed by atoms with Crippen molar-refractivity contribution in [2.24, 2.45) is 0 Å². The molecule has 5 heteroatoms. The summed E-state index contributed by atoms with van der Waals surface area (Å²) in [6, 6.07) is 13.0. The summed E-state index contributed by atoms with van der Waals surface area (Å²) >= 11 is 3.43. The molecule has 3 aromatic rings. The maximum absolute atomic E-state index is 12.3. The van der Waals surface area contributed by atoms with Crippen molar-refractivity contribution in [3.8, 4) is 0 Å². The predicted molar refractivity (Wildman–Crippen MR) is 80.8 cm³/mol. The summed E-state index contributed by atoms with van der Waals surface area (Å²) in [6.45, 7) is 1.99. The second kappa shape index (κ2) is 5.09. The van der Waals surface area contributed by atoms with E-state index in [9.17, 15) is 4.79 Å². The van der Waals surface area contributed by atoms with Crippen LogP contribution < -0.4 is 5.32 Å². The average molecular weight is 331 g/mol. The van der Waals surface area contributed by atoms with E-state index in [2.05, 4.69) is 26.4 Å². The van der Waals surface area contributed by atoms with E-state index in [-0.39, 0.29) is 11.6 Å². The number of carbonyl (C=O) groups excluding carboxylic acids is 1. The number of para-hydroxylation sites is 1. The summed E-state index contributed by atoms with van der Waals surface area (Å²) in [5, 5.41) is 7.36. The smallest absolute Gasteiger partial charge is 0.278 e. The highest BCUT2D eigenvalue weighted by Gasteiger charge is 2.16. The summed E-state index contributed by atoms with van der Waals surface area (Å²) in [5.41, 5.74) is 2.70. The van der Waals surface area contributed by atoms with Crippen LogP contribution >= 0.6 is 15.9 Å². The normalized spacial score (nSPS) is 10.7. The van der Waals surface area contributed by atoms with Crippen molar-refractivity contribution in [2.75, 3.05) is 5.32 Å². The van der Waals surface area contributed by atoms with Gasteiger partial charge in [0.15, 0.2) is 11.3 Å². The maximum atomic E-state index is 12.3. The van der Waals surface area contributed by atoms with Gasteiger partial charge in [0.05, 0.1) is 11.1 Å². The van der Waals surface area contributed by atoms with E-state index < -0.39 is 0 Å². The van der Waals surface area contributed by atoms with Crippen molar-refractivity contribution < 1.29 is 9.32 Å². The fourth-order valence-electron chi connectivity index (χ4n) is 1.95. The van der Waals surface area contributed by atoms with Gasteiger partial charge in [-0.25, -0.2) is 0 Å². The third kappa shape index (κ3) is 2.32. The number of nitrogens with one attached hydrogen (secondary N) is 1. The monoisotopic (exact) mass is 330 g/mol. The van der Waals surface area contributed by atoms with E-state index in [1.54, 1.807) is 6.07 Å². The standard InChI is InChI=1S/C15H11BrN2O2/c1-9-6-7-12(11(16)8-9)17-15(19)14-10-4-2-3-5-13(10)20-18-14/h2-8H,1H3,(H,17,19). The van der Waals surface area contributed by atoms with Gasteiger partial charge < -0.3 is 9.84 Å². The zero-order valence-electron chi connectivity index (χ0n) is 10.7. The number of nitrogens with zero attached hydrogens (tertiary/aromatic N) is 1. The minimum absolute atomic E-state index is 0.285. The van der Waals surface area contributed by atoms with Gasteiger partial charge in [-0.05, 0) is 52.7 Å². The fourth-order valence-corrected chi connectivity index (χ4v) is 2.55. The molecular weight excluding hydrogens is 320 g/mol. The Kier molecular flexibility index (Phi) is 3.28. The molecule has 0 unspecified atom stereocenters. The fraction of sp³-hybridized carbons (Fsp3) is 0.0667. The summed E-state index contributed by atoms with van der Waals surface area (Å²) in [5.74, 6) is -0.292. The third-order valence-electron chi connectivity index (χ3n) is 2.97. The van der Waals surface area contributed by atoms with E-state index in [0.717, 1.165) is 10.0 Å². The van der Waals surface area contributed by atoms with Gasteiger partial charge in [0.25, 0.3) is 5.91 Å². The van der Waals surface area contributed by atoms with Gasteiger partial charge in [0, 0.05) is 4.47 Å². The highest BCUT2D eigenvalue weighted by Crippen LogP contribution is 2.25. The molecule has 3 rings (SSSR count). The van der Waals surface area contributed by atoms with Crippen molar-refractivity contribution in [1.82, 2.24) is 5.16 Å². The molecule has 20 heavy (non-hydrogen) atoms. The second-order valence-electron chi connectivity index (χ2n) is 4.46. The van der Waals surface area contributed by atoms with Crippen molar-refractivity contribution in [3.63, 3.8) is 0 Å². The van der Waals surface area contributed by atoms with E-state index in [4.69, 9.17) is 4.52 Å². The van der Waals surface area contributed by atoms with Crippen molar-refractivity contribution >= 4 is 38.5 Å². The van der Waals surface area contributed by atoms with Crippen LogP contribution in [-0.2, 0) is 0 Å². The lowest BCUT2D eigenvalue weighted by Crippen LogP contribution is -2.13. The van der Waals surface area contributed by atoms with Crippen molar-refractivity contribution in [1.29, 1.82) is 0 Å². The van der Waals surface area contributed by atoms with E-state index >= 15 is 0 Å². The average Bonchev–Trinajstić information content (AvgIpc) is 2.86. The van der Waals surface area contributed by atoms with Crippen LogP contribution in [0, 0.1) is 6.92 Å². The van der Waals surface area contributed by atoms with Crippen LogP contribution in [0.1, 0.15) is 16.1 Å². The highest BCUT2D eigenvalue weighted by molar-refractivity contribution is 9.10. The maximum Gasteiger partial charge on any atom is 0.278 e. The lowest BCUT2D eigenvalue weighted by molar-refractivity contribution is 0.102. The molecule has 0 saturated heterocycles. The van der Waals surface area contributed by atoms with Crippen LogP contribution in [0.15, 0.2) is 51.5 Å². The van der Waals surface area contributed by atoms with Crippen LogP contribution in [0.25, 0.3) is 11.0 Å². The summed E-state index contributed by atoms with van der Waals surface area (Å²) in [4.78, 5) is 12.3. The minimum Gasteiger partial charge on any atom is -0.355 e. The number of anilines is 1.